The van der Waals surface area contributed by atoms with Crippen molar-refractivity contribution in [3.63, 3.8) is 0 Å². The molecule has 0 saturated carbocycles. The lowest BCUT2D eigenvalue weighted by molar-refractivity contribution is -0.138. The van der Waals surface area contributed by atoms with Gasteiger partial charge in [0.25, 0.3) is 0 Å². The first-order chi connectivity index (χ1) is 11.0. The first-order valence-corrected chi connectivity index (χ1v) is 7.72. The van der Waals surface area contributed by atoms with Gasteiger partial charge in [0.1, 0.15) is 11.9 Å². The highest BCUT2D eigenvalue weighted by molar-refractivity contribution is 5.73. The fourth-order valence-electron chi connectivity index (χ4n) is 1.98. The molecule has 0 amide bonds. The van der Waals surface area contributed by atoms with E-state index in [0.717, 1.165) is 25.2 Å². The lowest BCUT2D eigenvalue weighted by Gasteiger charge is -2.10. The van der Waals surface area contributed by atoms with Gasteiger partial charge in [0.15, 0.2) is 0 Å². The molecule has 8 nitrogen and oxygen atoms in total. The second kappa shape index (κ2) is 9.75. The summed E-state index contributed by atoms with van der Waals surface area (Å²) in [6.45, 7) is 5.25. The Morgan fingerprint density at radius 1 is 1.39 bits per heavy atom. The molecular weight excluding hydrogens is 296 g/mol. The second-order valence-corrected chi connectivity index (χ2v) is 5.20. The van der Waals surface area contributed by atoms with Gasteiger partial charge < -0.3 is 26.1 Å². The Balaban J connectivity index is 0.000000231. The highest BCUT2D eigenvalue weighted by Crippen LogP contribution is 2.11. The lowest BCUT2D eigenvalue weighted by Crippen LogP contribution is -2.32. The number of hydrogen-bond donors (Lipinski definition) is 4. The molecule has 0 aliphatic rings. The molecule has 2 aromatic heterocycles. The van der Waals surface area contributed by atoms with Gasteiger partial charge in [-0.2, -0.15) is 0 Å². The lowest BCUT2D eigenvalue weighted by atomic mass is 10.2. The van der Waals surface area contributed by atoms with E-state index < -0.39 is 12.0 Å². The molecule has 2 unspecified atom stereocenters. The maximum Gasteiger partial charge on any atom is 0.320 e. The zero-order valence-electron chi connectivity index (χ0n) is 13.6. The maximum atomic E-state index is 10.3. The topological polar surface area (TPSA) is 136 Å². The predicted molar refractivity (Wildman–Crippen MR) is 87.6 cm³/mol. The molecular formula is C15H26N6O2. The van der Waals surface area contributed by atoms with Crippen molar-refractivity contribution in [3.05, 3.63) is 36.4 Å². The van der Waals surface area contributed by atoms with Crippen LogP contribution in [0.2, 0.25) is 0 Å². The van der Waals surface area contributed by atoms with E-state index in [1.54, 1.807) is 6.20 Å². The van der Waals surface area contributed by atoms with Crippen molar-refractivity contribution in [3.8, 4) is 0 Å². The number of aromatic amines is 1. The van der Waals surface area contributed by atoms with Crippen LogP contribution >= 0.6 is 0 Å². The molecule has 0 radical (unpaired) electrons. The molecule has 2 heterocycles. The first-order valence-electron chi connectivity index (χ1n) is 7.72. The average Bonchev–Trinajstić information content (AvgIpc) is 3.19. The highest BCUT2D eigenvalue weighted by atomic mass is 16.4. The standard InChI is InChI=1S/C9H17N3.C6H9N3O2/c1-3-6-12-7-5-11-9(12)8(10)4-2;7-5(6(10)11)1-4-2-8-3-9-4/h5,7-8H,3-4,6,10H2,1-2H3;2-3,5H,1,7H2,(H,8,9)(H,10,11). The predicted octanol–water partition coefficient (Wildman–Crippen LogP) is 1.07. The Morgan fingerprint density at radius 2 is 2.13 bits per heavy atom. The fraction of sp³-hybridized carbons (Fsp3) is 0.533. The molecule has 0 bridgehead atoms. The van der Waals surface area contributed by atoms with Crippen LogP contribution in [0.15, 0.2) is 24.9 Å². The van der Waals surface area contributed by atoms with E-state index >= 15 is 0 Å². The van der Waals surface area contributed by atoms with Crippen LogP contribution in [-0.4, -0.2) is 36.6 Å². The van der Waals surface area contributed by atoms with Crippen molar-refractivity contribution < 1.29 is 9.90 Å². The minimum Gasteiger partial charge on any atom is -0.480 e. The van der Waals surface area contributed by atoms with Gasteiger partial charge in [-0.15, -0.1) is 0 Å². The molecule has 0 spiro atoms. The summed E-state index contributed by atoms with van der Waals surface area (Å²) in [5, 5.41) is 8.42. The molecule has 2 rings (SSSR count). The molecule has 0 aliphatic carbocycles. The molecule has 6 N–H and O–H groups in total. The van der Waals surface area contributed by atoms with Gasteiger partial charge in [0.05, 0.1) is 18.1 Å². The van der Waals surface area contributed by atoms with Crippen LogP contribution in [0.5, 0.6) is 0 Å². The van der Waals surface area contributed by atoms with Crippen molar-refractivity contribution in [1.29, 1.82) is 0 Å². The third-order valence-electron chi connectivity index (χ3n) is 3.28. The second-order valence-electron chi connectivity index (χ2n) is 5.20. The third kappa shape index (κ3) is 6.21. The van der Waals surface area contributed by atoms with Crippen LogP contribution in [0.1, 0.15) is 44.2 Å². The molecule has 8 heteroatoms. The van der Waals surface area contributed by atoms with E-state index in [-0.39, 0.29) is 12.5 Å². The number of H-pyrrole nitrogens is 1. The van der Waals surface area contributed by atoms with E-state index in [9.17, 15) is 4.79 Å². The van der Waals surface area contributed by atoms with Crippen LogP contribution in [0.4, 0.5) is 0 Å². The van der Waals surface area contributed by atoms with Crippen molar-refractivity contribution >= 4 is 5.97 Å². The highest BCUT2D eigenvalue weighted by Gasteiger charge is 2.12. The zero-order chi connectivity index (χ0) is 17.2. The molecule has 0 aromatic carbocycles. The summed E-state index contributed by atoms with van der Waals surface area (Å²) in [5.74, 6) is 0.00681. The number of hydrogen-bond acceptors (Lipinski definition) is 5. The number of carboxylic acid groups (broad SMARTS) is 1. The van der Waals surface area contributed by atoms with Crippen LogP contribution in [0, 0.1) is 0 Å². The number of rotatable bonds is 7. The van der Waals surface area contributed by atoms with Crippen molar-refractivity contribution in [1.82, 2.24) is 19.5 Å². The summed E-state index contributed by atoms with van der Waals surface area (Å²) < 4.78 is 2.13. The monoisotopic (exact) mass is 322 g/mol. The first kappa shape index (κ1) is 18.9. The largest absolute Gasteiger partial charge is 0.480 e. The summed E-state index contributed by atoms with van der Waals surface area (Å²) in [5.41, 5.74) is 11.8. The quantitative estimate of drug-likeness (QED) is 0.602. The van der Waals surface area contributed by atoms with Gasteiger partial charge in [-0.05, 0) is 12.8 Å². The Morgan fingerprint density at radius 3 is 2.65 bits per heavy atom. The van der Waals surface area contributed by atoms with E-state index in [1.807, 2.05) is 12.4 Å². The Kier molecular flexibility index (Phi) is 8.00. The van der Waals surface area contributed by atoms with E-state index in [4.69, 9.17) is 16.6 Å². The summed E-state index contributed by atoms with van der Waals surface area (Å²) >= 11 is 0. The zero-order valence-corrected chi connectivity index (χ0v) is 13.6. The van der Waals surface area contributed by atoms with Crippen LogP contribution in [0.3, 0.4) is 0 Å². The van der Waals surface area contributed by atoms with Gasteiger partial charge >= 0.3 is 5.97 Å². The summed E-state index contributed by atoms with van der Waals surface area (Å²) in [4.78, 5) is 21.1. The number of nitrogens with zero attached hydrogens (tertiary/aromatic N) is 3. The molecule has 2 atom stereocenters. The molecule has 0 aliphatic heterocycles. The smallest absolute Gasteiger partial charge is 0.320 e. The summed E-state index contributed by atoms with van der Waals surface area (Å²) in [6, 6.07) is -0.773. The fourth-order valence-corrected chi connectivity index (χ4v) is 1.98. The van der Waals surface area contributed by atoms with Crippen molar-refractivity contribution in [2.75, 3.05) is 0 Å². The normalized spacial score (nSPS) is 13.0. The van der Waals surface area contributed by atoms with Gasteiger partial charge in [0.2, 0.25) is 0 Å². The molecule has 23 heavy (non-hydrogen) atoms. The van der Waals surface area contributed by atoms with Crippen molar-refractivity contribution in [2.45, 2.75) is 51.7 Å². The van der Waals surface area contributed by atoms with Gasteiger partial charge in [0, 0.05) is 31.6 Å². The van der Waals surface area contributed by atoms with Crippen LogP contribution in [-0.2, 0) is 17.8 Å². The maximum absolute atomic E-state index is 10.3. The minimum absolute atomic E-state index is 0.0894. The number of carboxylic acids is 1. The summed E-state index contributed by atoms with van der Waals surface area (Å²) in [6.07, 6.45) is 9.26. The van der Waals surface area contributed by atoms with Gasteiger partial charge in [-0.1, -0.05) is 13.8 Å². The van der Waals surface area contributed by atoms with Gasteiger partial charge in [-0.3, -0.25) is 4.79 Å². The molecule has 0 saturated heterocycles. The van der Waals surface area contributed by atoms with Crippen LogP contribution < -0.4 is 11.5 Å². The molecule has 0 fully saturated rings. The third-order valence-corrected chi connectivity index (χ3v) is 3.28. The molecule has 2 aromatic rings. The molecule has 128 valence electrons. The SMILES string of the molecule is CCCn1ccnc1C(N)CC.NC(Cc1c[nH]cn1)C(=O)O. The number of aliphatic carboxylic acids is 1. The van der Waals surface area contributed by atoms with E-state index in [0.29, 0.717) is 5.69 Å². The average molecular weight is 322 g/mol. The Hall–Kier alpha value is -2.19. The van der Waals surface area contributed by atoms with E-state index in [2.05, 4.69) is 33.4 Å². The Labute approximate surface area is 135 Å². The number of aromatic nitrogens is 4. The number of nitrogens with two attached hydrogens (primary N) is 2. The van der Waals surface area contributed by atoms with E-state index in [1.165, 1.54) is 6.33 Å². The van der Waals surface area contributed by atoms with Gasteiger partial charge in [-0.25, -0.2) is 9.97 Å². The summed E-state index contributed by atoms with van der Waals surface area (Å²) in [7, 11) is 0. The number of aryl methyl sites for hydroxylation is 1. The number of carbonyl (C=O) groups is 1. The Bertz CT molecular complexity index is 566. The number of imidazole rings is 2. The number of nitrogens with one attached hydrogen (secondary N) is 1. The van der Waals surface area contributed by atoms with Crippen molar-refractivity contribution in [2.24, 2.45) is 11.5 Å². The minimum atomic E-state index is -1.01. The van der Waals surface area contributed by atoms with Crippen LogP contribution in [0.25, 0.3) is 0 Å².